The molecule has 2 aromatic rings. The number of hydrogen-bond donors (Lipinski definition) is 1. The van der Waals surface area contributed by atoms with Crippen LogP contribution < -0.4 is 5.32 Å². The first-order valence-electron chi connectivity index (χ1n) is 7.31. The van der Waals surface area contributed by atoms with Crippen LogP contribution in [0.1, 0.15) is 37.0 Å². The van der Waals surface area contributed by atoms with Crippen LogP contribution in [0.4, 0.5) is 0 Å². The number of rotatable bonds is 7. The smallest absolute Gasteiger partial charge is 0.162 e. The van der Waals surface area contributed by atoms with Gasteiger partial charge in [-0.1, -0.05) is 44.2 Å². The second kappa shape index (κ2) is 7.86. The van der Waals surface area contributed by atoms with Gasteiger partial charge in [0.05, 0.1) is 5.69 Å². The van der Waals surface area contributed by atoms with Crippen LogP contribution in [-0.2, 0) is 11.3 Å². The number of nitrogens with one attached hydrogen (secondary N) is 1. The third kappa shape index (κ3) is 4.62. The third-order valence-electron chi connectivity index (χ3n) is 3.16. The zero-order valence-electron chi connectivity index (χ0n) is 12.9. The highest BCUT2D eigenvalue weighted by atomic mass is 16.5. The molecular weight excluding hydrogens is 262 g/mol. The number of aromatic nitrogens is 2. The van der Waals surface area contributed by atoms with Crippen molar-refractivity contribution < 1.29 is 4.74 Å². The van der Waals surface area contributed by atoms with Crippen LogP contribution in [0.2, 0.25) is 0 Å². The fourth-order valence-corrected chi connectivity index (χ4v) is 2.15. The van der Waals surface area contributed by atoms with Crippen molar-refractivity contribution in [2.24, 2.45) is 5.92 Å². The van der Waals surface area contributed by atoms with E-state index in [0.29, 0.717) is 11.7 Å². The highest BCUT2D eigenvalue weighted by Gasteiger charge is 2.16. The molecule has 0 radical (unpaired) electrons. The molecule has 0 saturated carbocycles. The second-order valence-corrected chi connectivity index (χ2v) is 5.46. The Morgan fingerprint density at radius 2 is 1.90 bits per heavy atom. The van der Waals surface area contributed by atoms with Gasteiger partial charge in [-0.15, -0.1) is 0 Å². The maximum absolute atomic E-state index is 5.57. The van der Waals surface area contributed by atoms with E-state index in [9.17, 15) is 0 Å². The Morgan fingerprint density at radius 3 is 2.57 bits per heavy atom. The quantitative estimate of drug-likeness (QED) is 0.849. The van der Waals surface area contributed by atoms with Gasteiger partial charge < -0.3 is 10.1 Å². The van der Waals surface area contributed by atoms with Crippen LogP contribution in [0.5, 0.6) is 0 Å². The monoisotopic (exact) mass is 285 g/mol. The number of benzene rings is 1. The Bertz CT molecular complexity index is 543. The molecule has 112 valence electrons. The van der Waals surface area contributed by atoms with Crippen LogP contribution in [0.3, 0.4) is 0 Å². The van der Waals surface area contributed by atoms with Gasteiger partial charge in [-0.25, -0.2) is 9.97 Å². The molecule has 1 N–H and O–H groups in total. The van der Waals surface area contributed by atoms with Crippen molar-refractivity contribution in [3.05, 3.63) is 59.7 Å². The van der Waals surface area contributed by atoms with Crippen molar-refractivity contribution in [3.8, 4) is 0 Å². The topological polar surface area (TPSA) is 47.0 Å². The highest BCUT2D eigenvalue weighted by Crippen LogP contribution is 2.21. The average Bonchev–Trinajstić information content (AvgIpc) is 2.49. The van der Waals surface area contributed by atoms with Gasteiger partial charge in [0, 0.05) is 19.9 Å². The molecule has 0 aliphatic carbocycles. The minimum absolute atomic E-state index is 0.226. The molecule has 4 heteroatoms. The summed E-state index contributed by atoms with van der Waals surface area (Å²) in [7, 11) is 1.69. The Balaban J connectivity index is 2.11. The fourth-order valence-electron chi connectivity index (χ4n) is 2.15. The molecule has 1 heterocycles. The van der Waals surface area contributed by atoms with Crippen molar-refractivity contribution in [2.45, 2.75) is 26.5 Å². The second-order valence-electron chi connectivity index (χ2n) is 5.46. The molecule has 2 rings (SSSR count). The molecule has 0 aliphatic heterocycles. The van der Waals surface area contributed by atoms with Crippen LogP contribution >= 0.6 is 0 Å². The lowest BCUT2D eigenvalue weighted by molar-refractivity contribution is 0.128. The summed E-state index contributed by atoms with van der Waals surface area (Å²) in [6, 6.07) is 12.0. The molecule has 0 spiro atoms. The van der Waals surface area contributed by atoms with Crippen molar-refractivity contribution in [1.82, 2.24) is 15.3 Å². The van der Waals surface area contributed by atoms with Gasteiger partial charge in [0.25, 0.3) is 0 Å². The molecule has 0 aliphatic rings. The third-order valence-corrected chi connectivity index (χ3v) is 3.16. The Hall–Kier alpha value is -1.78. The lowest BCUT2D eigenvalue weighted by Gasteiger charge is -2.15. The fraction of sp³-hybridized carbons (Fsp3) is 0.412. The van der Waals surface area contributed by atoms with E-state index in [1.807, 2.05) is 36.4 Å². The van der Waals surface area contributed by atoms with Crippen LogP contribution in [0.15, 0.2) is 42.6 Å². The lowest BCUT2D eigenvalue weighted by Crippen LogP contribution is -2.20. The van der Waals surface area contributed by atoms with Crippen molar-refractivity contribution in [1.29, 1.82) is 0 Å². The van der Waals surface area contributed by atoms with E-state index in [1.54, 1.807) is 13.3 Å². The molecule has 0 fully saturated rings. The van der Waals surface area contributed by atoms with Gasteiger partial charge >= 0.3 is 0 Å². The van der Waals surface area contributed by atoms with Crippen LogP contribution in [0.25, 0.3) is 0 Å². The molecule has 0 saturated heterocycles. The Labute approximate surface area is 126 Å². The summed E-state index contributed by atoms with van der Waals surface area (Å²) in [5.41, 5.74) is 2.05. The van der Waals surface area contributed by atoms with Gasteiger partial charge in [0.2, 0.25) is 0 Å². The first-order valence-corrected chi connectivity index (χ1v) is 7.31. The van der Waals surface area contributed by atoms with Crippen molar-refractivity contribution in [2.75, 3.05) is 13.7 Å². The van der Waals surface area contributed by atoms with E-state index in [1.165, 1.54) is 0 Å². The minimum atomic E-state index is -0.226. The normalized spacial score (nSPS) is 12.6. The Kier molecular flexibility index (Phi) is 5.84. The van der Waals surface area contributed by atoms with E-state index >= 15 is 0 Å². The van der Waals surface area contributed by atoms with Gasteiger partial charge in [-0.05, 0) is 24.1 Å². The molecule has 4 nitrogen and oxygen atoms in total. The van der Waals surface area contributed by atoms with Gasteiger partial charge in [-0.2, -0.15) is 0 Å². The number of ether oxygens (including phenoxy) is 1. The highest BCUT2D eigenvalue weighted by molar-refractivity contribution is 5.23. The number of hydrogen-bond acceptors (Lipinski definition) is 4. The van der Waals surface area contributed by atoms with Crippen molar-refractivity contribution in [3.63, 3.8) is 0 Å². The first-order chi connectivity index (χ1) is 10.2. The summed E-state index contributed by atoms with van der Waals surface area (Å²) in [4.78, 5) is 8.98. The maximum atomic E-state index is 5.57. The summed E-state index contributed by atoms with van der Waals surface area (Å²) in [5, 5.41) is 3.39. The minimum Gasteiger partial charge on any atom is -0.369 e. The Morgan fingerprint density at radius 1 is 1.14 bits per heavy atom. The SMILES string of the molecule is COC(c1ccccc1)c1nccc(CNCC(C)C)n1. The van der Waals surface area contributed by atoms with E-state index in [-0.39, 0.29) is 6.10 Å². The first kappa shape index (κ1) is 15.6. The van der Waals surface area contributed by atoms with E-state index < -0.39 is 0 Å². The molecule has 0 bridgehead atoms. The summed E-state index contributed by atoms with van der Waals surface area (Å²) in [5.74, 6) is 1.33. The zero-order valence-corrected chi connectivity index (χ0v) is 12.9. The van der Waals surface area contributed by atoms with Crippen LogP contribution in [0, 0.1) is 5.92 Å². The number of methoxy groups -OCH3 is 1. The molecule has 1 aromatic heterocycles. The molecule has 21 heavy (non-hydrogen) atoms. The molecule has 1 unspecified atom stereocenters. The molecule has 1 atom stereocenters. The van der Waals surface area contributed by atoms with Gasteiger partial charge in [0.1, 0.15) is 6.10 Å². The predicted octanol–water partition coefficient (Wildman–Crippen LogP) is 2.96. The predicted molar refractivity (Wildman–Crippen MR) is 83.9 cm³/mol. The van der Waals surface area contributed by atoms with E-state index in [4.69, 9.17) is 4.74 Å². The molecule has 1 aromatic carbocycles. The lowest BCUT2D eigenvalue weighted by atomic mass is 10.1. The van der Waals surface area contributed by atoms with E-state index in [0.717, 1.165) is 24.3 Å². The van der Waals surface area contributed by atoms with Gasteiger partial charge in [-0.3, -0.25) is 0 Å². The van der Waals surface area contributed by atoms with Crippen LogP contribution in [-0.4, -0.2) is 23.6 Å². The summed E-state index contributed by atoms with van der Waals surface area (Å²) < 4.78 is 5.57. The summed E-state index contributed by atoms with van der Waals surface area (Å²) in [6.45, 7) is 6.11. The molecule has 0 amide bonds. The summed E-state index contributed by atoms with van der Waals surface area (Å²) >= 11 is 0. The average molecular weight is 285 g/mol. The van der Waals surface area contributed by atoms with E-state index in [2.05, 4.69) is 29.1 Å². The van der Waals surface area contributed by atoms with Crippen molar-refractivity contribution >= 4 is 0 Å². The zero-order chi connectivity index (χ0) is 15.1. The molecular formula is C17H23N3O. The van der Waals surface area contributed by atoms with Gasteiger partial charge in [0.15, 0.2) is 5.82 Å². The maximum Gasteiger partial charge on any atom is 0.162 e. The largest absolute Gasteiger partial charge is 0.369 e. The summed E-state index contributed by atoms with van der Waals surface area (Å²) in [6.07, 6.45) is 1.57. The number of nitrogens with zero attached hydrogens (tertiary/aromatic N) is 2. The standard InChI is InChI=1S/C17H23N3O/c1-13(2)11-18-12-15-9-10-19-17(20-15)16(21-3)14-7-5-4-6-8-14/h4-10,13,16,18H,11-12H2,1-3H3.